The van der Waals surface area contributed by atoms with Crippen molar-refractivity contribution in [1.82, 2.24) is 9.47 Å². The number of halogens is 1. The summed E-state index contributed by atoms with van der Waals surface area (Å²) < 4.78 is 2.62. The molecular weight excluding hydrogens is 312 g/mol. The van der Waals surface area contributed by atoms with Gasteiger partial charge in [0.15, 0.2) is 0 Å². The molecular formula is C13H19BrN2O3. The van der Waals surface area contributed by atoms with E-state index < -0.39 is 11.5 Å². The lowest BCUT2D eigenvalue weighted by atomic mass is 10.0. The zero-order valence-corrected chi connectivity index (χ0v) is 13.4. The van der Waals surface area contributed by atoms with E-state index in [0.717, 1.165) is 4.47 Å². The molecule has 0 aliphatic heterocycles. The number of aliphatic carboxylic acids is 1. The Hall–Kier alpha value is -1.30. The highest BCUT2D eigenvalue weighted by Crippen LogP contribution is 2.23. The molecule has 1 aromatic heterocycles. The Morgan fingerprint density at radius 1 is 1.42 bits per heavy atom. The SMILES string of the molecule is CC(C)n1cc(Br)cc1C(=O)N(C)C(C)(C)C(=O)O. The molecule has 5 nitrogen and oxygen atoms in total. The second-order valence-electron chi connectivity index (χ2n) is 5.27. The van der Waals surface area contributed by atoms with E-state index in [1.807, 2.05) is 24.6 Å². The first-order chi connectivity index (χ1) is 8.59. The van der Waals surface area contributed by atoms with E-state index in [4.69, 9.17) is 0 Å². The van der Waals surface area contributed by atoms with Crippen LogP contribution in [0.2, 0.25) is 0 Å². The lowest BCUT2D eigenvalue weighted by Gasteiger charge is -2.32. The molecule has 0 aromatic carbocycles. The average Bonchev–Trinajstić information content (AvgIpc) is 2.69. The fraction of sp³-hybridized carbons (Fsp3) is 0.538. The Labute approximate surface area is 121 Å². The summed E-state index contributed by atoms with van der Waals surface area (Å²) in [5.74, 6) is -1.35. The Morgan fingerprint density at radius 3 is 2.37 bits per heavy atom. The van der Waals surface area contributed by atoms with Crippen molar-refractivity contribution in [2.75, 3.05) is 7.05 Å². The summed E-state index contributed by atoms with van der Waals surface area (Å²) in [6.45, 7) is 6.94. The van der Waals surface area contributed by atoms with Crippen LogP contribution in [0.5, 0.6) is 0 Å². The Morgan fingerprint density at radius 2 is 1.95 bits per heavy atom. The molecule has 0 fully saturated rings. The van der Waals surface area contributed by atoms with Gasteiger partial charge in [-0.3, -0.25) is 4.79 Å². The number of rotatable bonds is 4. The predicted octanol–water partition coefficient (Wildman–Crippen LogP) is 2.77. The highest BCUT2D eigenvalue weighted by molar-refractivity contribution is 9.10. The number of carboxylic acid groups (broad SMARTS) is 1. The summed E-state index contributed by atoms with van der Waals surface area (Å²) in [5, 5.41) is 9.18. The smallest absolute Gasteiger partial charge is 0.329 e. The van der Waals surface area contributed by atoms with Crippen molar-refractivity contribution < 1.29 is 14.7 Å². The Bertz CT molecular complexity index is 506. The van der Waals surface area contributed by atoms with E-state index in [9.17, 15) is 14.7 Å². The molecule has 1 aromatic rings. The molecule has 0 unspecified atom stereocenters. The maximum atomic E-state index is 12.5. The van der Waals surface area contributed by atoms with Gasteiger partial charge in [0.1, 0.15) is 11.2 Å². The van der Waals surface area contributed by atoms with Crippen molar-refractivity contribution in [1.29, 1.82) is 0 Å². The van der Waals surface area contributed by atoms with Gasteiger partial charge in [-0.25, -0.2) is 4.79 Å². The third kappa shape index (κ3) is 3.00. The van der Waals surface area contributed by atoms with Gasteiger partial charge in [-0.15, -0.1) is 0 Å². The first kappa shape index (κ1) is 15.8. The van der Waals surface area contributed by atoms with E-state index in [-0.39, 0.29) is 11.9 Å². The van der Waals surface area contributed by atoms with Gasteiger partial charge in [-0.2, -0.15) is 0 Å². The Kier molecular flexibility index (Phi) is 4.45. The third-order valence-electron chi connectivity index (χ3n) is 3.26. The molecule has 0 spiro atoms. The lowest BCUT2D eigenvalue weighted by Crippen LogP contribution is -2.51. The normalized spacial score (nSPS) is 11.7. The molecule has 106 valence electrons. The number of carbonyl (C=O) groups excluding carboxylic acids is 1. The van der Waals surface area contributed by atoms with Crippen molar-refractivity contribution in [2.45, 2.75) is 39.3 Å². The topological polar surface area (TPSA) is 62.5 Å². The molecule has 0 saturated carbocycles. The van der Waals surface area contributed by atoms with Crippen LogP contribution in [0.4, 0.5) is 0 Å². The van der Waals surface area contributed by atoms with E-state index >= 15 is 0 Å². The van der Waals surface area contributed by atoms with Gasteiger partial charge in [0.05, 0.1) is 0 Å². The van der Waals surface area contributed by atoms with Crippen LogP contribution in [0, 0.1) is 0 Å². The van der Waals surface area contributed by atoms with E-state index in [1.165, 1.54) is 25.8 Å². The van der Waals surface area contributed by atoms with Crippen LogP contribution in [-0.4, -0.2) is 39.0 Å². The van der Waals surface area contributed by atoms with Gasteiger partial charge in [0, 0.05) is 23.8 Å². The maximum Gasteiger partial charge on any atom is 0.329 e. The van der Waals surface area contributed by atoms with Gasteiger partial charge in [0.25, 0.3) is 5.91 Å². The van der Waals surface area contributed by atoms with E-state index in [0.29, 0.717) is 5.69 Å². The largest absolute Gasteiger partial charge is 0.480 e. The molecule has 6 heteroatoms. The summed E-state index contributed by atoms with van der Waals surface area (Å²) in [5.41, 5.74) is -0.783. The summed E-state index contributed by atoms with van der Waals surface area (Å²) in [6, 6.07) is 1.82. The van der Waals surface area contributed by atoms with Crippen molar-refractivity contribution in [2.24, 2.45) is 0 Å². The molecule has 0 bridgehead atoms. The van der Waals surface area contributed by atoms with Crippen LogP contribution < -0.4 is 0 Å². The van der Waals surface area contributed by atoms with Gasteiger partial charge in [-0.05, 0) is 49.7 Å². The first-order valence-electron chi connectivity index (χ1n) is 5.98. The summed E-state index contributed by atoms with van der Waals surface area (Å²) in [6.07, 6.45) is 1.82. The summed E-state index contributed by atoms with van der Waals surface area (Å²) in [7, 11) is 1.50. The number of hydrogen-bond donors (Lipinski definition) is 1. The van der Waals surface area contributed by atoms with Crippen LogP contribution in [0.15, 0.2) is 16.7 Å². The zero-order valence-electron chi connectivity index (χ0n) is 11.8. The molecule has 0 radical (unpaired) electrons. The van der Waals surface area contributed by atoms with Crippen molar-refractivity contribution in [3.63, 3.8) is 0 Å². The molecule has 1 amide bonds. The monoisotopic (exact) mass is 330 g/mol. The molecule has 0 atom stereocenters. The molecule has 19 heavy (non-hydrogen) atoms. The molecule has 0 aliphatic rings. The minimum Gasteiger partial charge on any atom is -0.480 e. The van der Waals surface area contributed by atoms with Crippen molar-refractivity contribution >= 4 is 27.8 Å². The van der Waals surface area contributed by atoms with Crippen LogP contribution >= 0.6 is 15.9 Å². The number of hydrogen-bond acceptors (Lipinski definition) is 2. The van der Waals surface area contributed by atoms with E-state index in [1.54, 1.807) is 6.07 Å². The highest BCUT2D eigenvalue weighted by Gasteiger charge is 2.36. The quantitative estimate of drug-likeness (QED) is 0.923. The van der Waals surface area contributed by atoms with Crippen LogP contribution in [0.25, 0.3) is 0 Å². The minimum absolute atomic E-state index is 0.117. The number of amides is 1. The highest BCUT2D eigenvalue weighted by atomic mass is 79.9. The lowest BCUT2D eigenvalue weighted by molar-refractivity contribution is -0.147. The van der Waals surface area contributed by atoms with Gasteiger partial charge >= 0.3 is 5.97 Å². The fourth-order valence-corrected chi connectivity index (χ4v) is 2.05. The first-order valence-corrected chi connectivity index (χ1v) is 6.77. The second-order valence-corrected chi connectivity index (χ2v) is 6.19. The average molecular weight is 331 g/mol. The number of carbonyl (C=O) groups is 2. The number of nitrogens with zero attached hydrogens (tertiary/aromatic N) is 2. The summed E-state index contributed by atoms with van der Waals surface area (Å²) >= 11 is 3.34. The molecule has 0 aliphatic carbocycles. The molecule has 0 saturated heterocycles. The number of aromatic nitrogens is 1. The maximum absolute atomic E-state index is 12.5. The van der Waals surface area contributed by atoms with Crippen molar-refractivity contribution in [3.05, 3.63) is 22.4 Å². The third-order valence-corrected chi connectivity index (χ3v) is 3.69. The minimum atomic E-state index is -1.25. The predicted molar refractivity (Wildman–Crippen MR) is 76.3 cm³/mol. The van der Waals surface area contributed by atoms with Gasteiger partial charge < -0.3 is 14.6 Å². The Balaban J connectivity index is 3.17. The fourth-order valence-electron chi connectivity index (χ4n) is 1.61. The zero-order chi connectivity index (χ0) is 15.0. The van der Waals surface area contributed by atoms with Crippen molar-refractivity contribution in [3.8, 4) is 0 Å². The summed E-state index contributed by atoms with van der Waals surface area (Å²) in [4.78, 5) is 24.9. The van der Waals surface area contributed by atoms with Gasteiger partial charge in [0.2, 0.25) is 0 Å². The van der Waals surface area contributed by atoms with E-state index in [2.05, 4.69) is 15.9 Å². The van der Waals surface area contributed by atoms with Crippen LogP contribution in [0.1, 0.15) is 44.2 Å². The van der Waals surface area contributed by atoms with Crippen LogP contribution in [0.3, 0.4) is 0 Å². The molecule has 1 rings (SSSR count). The molecule has 1 N–H and O–H groups in total. The standard InChI is InChI=1S/C13H19BrN2O3/c1-8(2)16-7-9(14)6-10(16)11(17)15(5)13(3,4)12(18)19/h6-8H,1-5H3,(H,18,19). The second kappa shape index (κ2) is 5.36. The molecule has 1 heterocycles. The number of likely N-dealkylation sites (N-methyl/N-ethyl adjacent to an activating group) is 1. The number of carboxylic acids is 1. The van der Waals surface area contributed by atoms with Gasteiger partial charge in [-0.1, -0.05) is 0 Å². The van der Waals surface area contributed by atoms with Crippen LogP contribution in [-0.2, 0) is 4.79 Å².